The summed E-state index contributed by atoms with van der Waals surface area (Å²) in [5.74, 6) is -3.85. The Kier molecular flexibility index (Phi) is 8.87. The van der Waals surface area contributed by atoms with Crippen molar-refractivity contribution < 1.29 is 43.5 Å². The van der Waals surface area contributed by atoms with E-state index in [0.717, 1.165) is 19.3 Å². The molecular weight excluding hydrogens is 540 g/mol. The van der Waals surface area contributed by atoms with Gasteiger partial charge in [0.2, 0.25) is 0 Å². The highest BCUT2D eigenvalue weighted by molar-refractivity contribution is 5.81. The van der Waals surface area contributed by atoms with Crippen LogP contribution in [0.15, 0.2) is 12.2 Å². The van der Waals surface area contributed by atoms with E-state index >= 15 is 0 Å². The number of unbranched alkanes of at least 4 members (excludes halogenated alkanes) is 10. The second kappa shape index (κ2) is 11.8. The molecule has 2 bridgehead atoms. The van der Waals surface area contributed by atoms with E-state index in [0.29, 0.717) is 12.0 Å². The molecule has 2 N–H and O–H groups in total. The van der Waals surface area contributed by atoms with Crippen LogP contribution in [0.2, 0.25) is 0 Å². The van der Waals surface area contributed by atoms with Gasteiger partial charge < -0.3 is 29.2 Å². The largest absolute Gasteiger partial charge is 0.462 e. The lowest BCUT2D eigenvalue weighted by molar-refractivity contribution is -0.272. The summed E-state index contributed by atoms with van der Waals surface area (Å²) >= 11 is 0. The van der Waals surface area contributed by atoms with Crippen LogP contribution in [0.3, 0.4) is 0 Å². The van der Waals surface area contributed by atoms with Crippen molar-refractivity contribution >= 4 is 17.9 Å². The van der Waals surface area contributed by atoms with Gasteiger partial charge in [0.05, 0.1) is 17.3 Å². The molecule has 0 aromatic heterocycles. The van der Waals surface area contributed by atoms with E-state index in [1.165, 1.54) is 51.4 Å². The molecule has 2 saturated carbocycles. The van der Waals surface area contributed by atoms with Gasteiger partial charge in [0.15, 0.2) is 5.60 Å². The average Bonchev–Trinajstić information content (AvgIpc) is 3.54. The minimum absolute atomic E-state index is 0.0983. The van der Waals surface area contributed by atoms with Gasteiger partial charge in [0.25, 0.3) is 0 Å². The number of hydrogen-bond acceptors (Lipinski definition) is 9. The Morgan fingerprint density at radius 3 is 2.21 bits per heavy atom. The van der Waals surface area contributed by atoms with Gasteiger partial charge in [-0.1, -0.05) is 90.2 Å². The average molecular weight is 591 g/mol. The normalized spacial score (nSPS) is 41.7. The van der Waals surface area contributed by atoms with Crippen LogP contribution in [0.5, 0.6) is 0 Å². The minimum Gasteiger partial charge on any atom is -0.462 e. The molecule has 3 heterocycles. The predicted octanol–water partition coefficient (Wildman–Crippen LogP) is 4.55. The molecule has 0 radical (unpaired) electrons. The topological polar surface area (TPSA) is 132 Å². The van der Waals surface area contributed by atoms with Crippen molar-refractivity contribution in [1.29, 1.82) is 0 Å². The van der Waals surface area contributed by atoms with Gasteiger partial charge in [-0.2, -0.15) is 0 Å². The predicted molar refractivity (Wildman–Crippen MR) is 153 cm³/mol. The molecule has 2 aliphatic carbocycles. The highest BCUT2D eigenvalue weighted by atomic mass is 16.7. The first-order valence-corrected chi connectivity index (χ1v) is 16.3. The molecule has 0 aromatic rings. The molecule has 5 fully saturated rings. The maximum atomic E-state index is 13.3. The second-order valence-electron chi connectivity index (χ2n) is 13.8. The fraction of sp³-hybridized carbons (Fsp3) is 0.848. The third kappa shape index (κ3) is 4.73. The van der Waals surface area contributed by atoms with Crippen molar-refractivity contribution in [3.8, 4) is 0 Å². The molecule has 5 aliphatic rings. The van der Waals surface area contributed by atoms with Crippen LogP contribution in [0.4, 0.5) is 0 Å². The van der Waals surface area contributed by atoms with Crippen LogP contribution in [-0.2, 0) is 33.3 Å². The summed E-state index contributed by atoms with van der Waals surface area (Å²) in [6.45, 7) is 11.3. The summed E-state index contributed by atoms with van der Waals surface area (Å²) in [5.41, 5.74) is -3.99. The van der Waals surface area contributed by atoms with Crippen LogP contribution >= 0.6 is 0 Å². The fourth-order valence-corrected chi connectivity index (χ4v) is 8.78. The second-order valence-corrected chi connectivity index (χ2v) is 13.8. The number of hydrogen-bond donors (Lipinski definition) is 2. The molecule has 3 aliphatic heterocycles. The number of aliphatic hydroxyl groups excluding tert-OH is 1. The highest BCUT2D eigenvalue weighted by Gasteiger charge is 2.93. The van der Waals surface area contributed by atoms with Crippen molar-refractivity contribution in [2.24, 2.45) is 23.2 Å². The fourth-order valence-electron chi connectivity index (χ4n) is 8.78. The van der Waals surface area contributed by atoms with E-state index in [9.17, 15) is 24.6 Å². The Morgan fingerprint density at radius 2 is 1.62 bits per heavy atom. The first kappa shape index (κ1) is 31.5. The highest BCUT2D eigenvalue weighted by Crippen LogP contribution is 2.75. The number of ether oxygens (including phenoxy) is 4. The monoisotopic (exact) mass is 590 g/mol. The summed E-state index contributed by atoms with van der Waals surface area (Å²) in [5, 5.41) is 23.9. The van der Waals surface area contributed by atoms with Gasteiger partial charge in [-0.25, -0.2) is 0 Å². The molecule has 0 amide bonds. The van der Waals surface area contributed by atoms with Crippen LogP contribution < -0.4 is 0 Å². The van der Waals surface area contributed by atoms with Crippen LogP contribution in [0.1, 0.15) is 111 Å². The lowest BCUT2D eigenvalue weighted by Gasteiger charge is -2.57. The van der Waals surface area contributed by atoms with Crippen molar-refractivity contribution in [3.63, 3.8) is 0 Å². The van der Waals surface area contributed by atoms with Gasteiger partial charge in [-0.05, 0) is 20.3 Å². The number of rotatable bonds is 15. The standard InChI is InChI=1S/C33H50O9/c1-6-7-8-9-10-11-12-13-14-15-16-17-22(34)39-20(4)21-18-32(42-29(21)36)27-28(41-27)33(38)24-23(19(2)3)25(40-30(24)37)26(35)31(32,33)5/h20-21,23-28,35,38H,2,6-18H2,1,3-5H3. The van der Waals surface area contributed by atoms with Crippen molar-refractivity contribution in [1.82, 2.24) is 0 Å². The number of aliphatic hydroxyl groups is 2. The molecule has 42 heavy (non-hydrogen) atoms. The van der Waals surface area contributed by atoms with Gasteiger partial charge >= 0.3 is 17.9 Å². The molecule has 11 unspecified atom stereocenters. The van der Waals surface area contributed by atoms with Crippen molar-refractivity contribution in [2.45, 2.75) is 153 Å². The minimum atomic E-state index is -1.81. The molecule has 236 valence electrons. The first-order chi connectivity index (χ1) is 20.0. The zero-order valence-electron chi connectivity index (χ0n) is 25.8. The molecule has 11 atom stereocenters. The molecule has 0 aromatic carbocycles. The summed E-state index contributed by atoms with van der Waals surface area (Å²) in [7, 11) is 0. The molecule has 9 heteroatoms. The van der Waals surface area contributed by atoms with Crippen molar-refractivity contribution in [3.05, 3.63) is 12.2 Å². The van der Waals surface area contributed by atoms with E-state index in [1.807, 2.05) is 0 Å². The molecule has 5 rings (SSSR count). The summed E-state index contributed by atoms with van der Waals surface area (Å²) < 4.78 is 23.2. The third-order valence-electron chi connectivity index (χ3n) is 11.2. The summed E-state index contributed by atoms with van der Waals surface area (Å²) in [4.78, 5) is 38.9. The number of carbonyl (C=O) groups excluding carboxylic acids is 3. The van der Waals surface area contributed by atoms with E-state index in [4.69, 9.17) is 18.9 Å². The van der Waals surface area contributed by atoms with E-state index in [2.05, 4.69) is 13.5 Å². The van der Waals surface area contributed by atoms with Crippen LogP contribution in [-0.4, -0.2) is 69.8 Å². The maximum Gasteiger partial charge on any atom is 0.313 e. The third-order valence-corrected chi connectivity index (χ3v) is 11.2. The number of carbonyl (C=O) groups is 3. The SMILES string of the molecule is C=C(C)C1C2OC(=O)C1C1(O)C3OC3C3(CC(C(C)OC(=O)CCCCCCCCCCCCC)C(=O)O3)C1(C)C2O. The Hall–Kier alpha value is -1.97. The number of fused-ring (bicyclic) bond motifs is 8. The zero-order valence-corrected chi connectivity index (χ0v) is 25.8. The lowest BCUT2D eigenvalue weighted by Crippen LogP contribution is -2.72. The smallest absolute Gasteiger partial charge is 0.313 e. The number of epoxide rings is 1. The molecule has 3 saturated heterocycles. The Morgan fingerprint density at radius 1 is 1.02 bits per heavy atom. The van der Waals surface area contributed by atoms with E-state index in [1.54, 1.807) is 20.8 Å². The zero-order chi connectivity index (χ0) is 30.4. The Bertz CT molecular complexity index is 1070. The van der Waals surface area contributed by atoms with Crippen LogP contribution in [0, 0.1) is 23.2 Å². The van der Waals surface area contributed by atoms with Gasteiger partial charge in [0.1, 0.15) is 36.1 Å². The van der Waals surface area contributed by atoms with E-state index in [-0.39, 0.29) is 12.4 Å². The van der Waals surface area contributed by atoms with Gasteiger partial charge in [-0.15, -0.1) is 0 Å². The molecule has 9 nitrogen and oxygen atoms in total. The quantitative estimate of drug-likeness (QED) is 0.0927. The Labute approximate surface area is 249 Å². The first-order valence-electron chi connectivity index (χ1n) is 16.3. The summed E-state index contributed by atoms with van der Waals surface area (Å²) in [6, 6.07) is 0. The van der Waals surface area contributed by atoms with Crippen LogP contribution in [0.25, 0.3) is 0 Å². The van der Waals surface area contributed by atoms with E-state index < -0.39 is 76.8 Å². The lowest BCUT2D eigenvalue weighted by atomic mass is 9.50. The number of esters is 3. The van der Waals surface area contributed by atoms with Crippen molar-refractivity contribution in [2.75, 3.05) is 0 Å². The molecule has 1 spiro atoms. The van der Waals surface area contributed by atoms with Gasteiger partial charge in [0, 0.05) is 18.8 Å². The van der Waals surface area contributed by atoms with Gasteiger partial charge in [-0.3, -0.25) is 14.4 Å². The Balaban J connectivity index is 1.15. The summed E-state index contributed by atoms with van der Waals surface area (Å²) in [6.07, 6.45) is 9.05. The maximum absolute atomic E-state index is 13.3. The molecular formula is C33H50O9.